The first kappa shape index (κ1) is 26.1. The molecule has 3 amide bonds. The summed E-state index contributed by atoms with van der Waals surface area (Å²) >= 11 is 0. The third-order valence-electron chi connectivity index (χ3n) is 6.24. The van der Waals surface area contributed by atoms with Crippen molar-refractivity contribution in [1.82, 2.24) is 14.9 Å². The molecule has 1 aliphatic rings. The van der Waals surface area contributed by atoms with E-state index < -0.39 is 15.3 Å². The van der Waals surface area contributed by atoms with Crippen LogP contribution in [0.25, 0.3) is 0 Å². The number of amides is 3. The van der Waals surface area contributed by atoms with Crippen LogP contribution in [0, 0.1) is 27.7 Å². The van der Waals surface area contributed by atoms with Crippen molar-refractivity contribution in [1.29, 1.82) is 0 Å². The van der Waals surface area contributed by atoms with Crippen LogP contribution < -0.4 is 15.4 Å². The summed E-state index contributed by atoms with van der Waals surface area (Å²) in [5.41, 5.74) is 4.83. The van der Waals surface area contributed by atoms with Crippen LogP contribution in [0.5, 0.6) is 0 Å². The monoisotopic (exact) mass is 466 g/mol. The molecule has 0 spiro atoms. The van der Waals surface area contributed by atoms with Crippen LogP contribution >= 0.6 is 0 Å². The highest BCUT2D eigenvalue weighted by Crippen LogP contribution is 2.31. The Balaban J connectivity index is 2.13. The minimum atomic E-state index is -3.33. The van der Waals surface area contributed by atoms with Gasteiger partial charge in [-0.1, -0.05) is 0 Å². The Morgan fingerprint density at radius 3 is 1.84 bits per heavy atom. The molecule has 180 valence electrons. The van der Waals surface area contributed by atoms with Crippen LogP contribution in [0.15, 0.2) is 0 Å². The van der Waals surface area contributed by atoms with Crippen molar-refractivity contribution >= 4 is 27.6 Å². The molecule has 1 heterocycles. The van der Waals surface area contributed by atoms with Gasteiger partial charge in [-0.05, 0) is 90.5 Å². The first-order chi connectivity index (χ1) is 14.8. The van der Waals surface area contributed by atoms with E-state index in [1.54, 1.807) is 18.7 Å². The van der Waals surface area contributed by atoms with E-state index >= 15 is 0 Å². The number of sulfonamides is 1. The Morgan fingerprint density at radius 2 is 1.41 bits per heavy atom. The van der Waals surface area contributed by atoms with Crippen molar-refractivity contribution < 1.29 is 18.0 Å². The van der Waals surface area contributed by atoms with Crippen molar-refractivity contribution in [3.8, 4) is 0 Å². The summed E-state index contributed by atoms with van der Waals surface area (Å²) in [5, 5.41) is 5.51. The fraction of sp³-hybridized carbons (Fsp3) is 0.652. The van der Waals surface area contributed by atoms with Gasteiger partial charge in [0.15, 0.2) is 0 Å². The molecule has 2 rings (SSSR count). The molecule has 1 aromatic carbocycles. The van der Waals surface area contributed by atoms with E-state index in [-0.39, 0.29) is 24.0 Å². The van der Waals surface area contributed by atoms with Gasteiger partial charge in [0.05, 0.1) is 5.25 Å². The van der Waals surface area contributed by atoms with Crippen molar-refractivity contribution in [3.63, 3.8) is 0 Å². The summed E-state index contributed by atoms with van der Waals surface area (Å²) in [5.74, 6) is -0.106. The van der Waals surface area contributed by atoms with Gasteiger partial charge < -0.3 is 15.5 Å². The van der Waals surface area contributed by atoms with Gasteiger partial charge in [0.2, 0.25) is 10.0 Å². The van der Waals surface area contributed by atoms with E-state index in [0.717, 1.165) is 27.9 Å². The van der Waals surface area contributed by atoms with Crippen molar-refractivity contribution in [2.45, 2.75) is 85.6 Å². The summed E-state index contributed by atoms with van der Waals surface area (Å²) in [4.78, 5) is 27.4. The third kappa shape index (κ3) is 5.81. The van der Waals surface area contributed by atoms with Gasteiger partial charge >= 0.3 is 6.03 Å². The molecule has 0 unspecified atom stereocenters. The van der Waals surface area contributed by atoms with Gasteiger partial charge in [-0.3, -0.25) is 4.79 Å². The molecular weight excluding hydrogens is 428 g/mol. The topological polar surface area (TPSA) is 108 Å². The molecule has 1 aromatic rings. The molecule has 1 aliphatic heterocycles. The van der Waals surface area contributed by atoms with Gasteiger partial charge in [0.25, 0.3) is 5.91 Å². The minimum absolute atomic E-state index is 0.0363. The second kappa shape index (κ2) is 10.2. The average Bonchev–Trinajstić information content (AvgIpc) is 2.69. The van der Waals surface area contributed by atoms with Crippen LogP contribution in [0.2, 0.25) is 0 Å². The van der Waals surface area contributed by atoms with Crippen LogP contribution in [0.1, 0.15) is 73.1 Å². The molecule has 8 nitrogen and oxygen atoms in total. The van der Waals surface area contributed by atoms with Crippen LogP contribution in [0.4, 0.5) is 10.5 Å². The molecule has 3 N–H and O–H groups in total. The summed E-state index contributed by atoms with van der Waals surface area (Å²) in [6, 6.07) is -0.327. The number of nitrogens with one attached hydrogen (secondary N) is 3. The normalized spacial score (nSPS) is 15.4. The molecule has 0 saturated carbocycles. The van der Waals surface area contributed by atoms with Crippen molar-refractivity contribution in [3.05, 3.63) is 27.8 Å². The quantitative estimate of drug-likeness (QED) is 0.597. The number of likely N-dealkylation sites (tertiary alicyclic amines) is 1. The number of nitrogens with zero attached hydrogens (tertiary/aromatic N) is 1. The molecule has 0 aromatic heterocycles. The van der Waals surface area contributed by atoms with Gasteiger partial charge in [0, 0.05) is 36.4 Å². The number of carbonyl (C=O) groups excluding carboxylic acids is 2. The van der Waals surface area contributed by atoms with Crippen LogP contribution in [0.3, 0.4) is 0 Å². The number of urea groups is 1. The molecule has 32 heavy (non-hydrogen) atoms. The zero-order valence-electron chi connectivity index (χ0n) is 20.5. The lowest BCUT2D eigenvalue weighted by atomic mass is 9.91. The standard InChI is InChI=1S/C23H38N4O4S/c1-13(2)24-22(28)20-15(5)17(7)21(18(8)16(20)6)25-23(29)27-11-9-19(10-12-27)26-32(30,31)14(3)4/h13-14,19,26H,9-12H2,1-8H3,(H,24,28)(H,25,29). The molecule has 1 fully saturated rings. The fourth-order valence-electron chi connectivity index (χ4n) is 3.93. The molecule has 0 radical (unpaired) electrons. The second-order valence-electron chi connectivity index (χ2n) is 9.28. The molecule has 0 bridgehead atoms. The highest BCUT2D eigenvalue weighted by molar-refractivity contribution is 7.90. The maximum Gasteiger partial charge on any atom is 0.321 e. The van der Waals surface area contributed by atoms with Gasteiger partial charge in [0.1, 0.15) is 0 Å². The predicted octanol–water partition coefficient (Wildman–Crippen LogP) is 3.38. The molecule has 0 atom stereocenters. The Labute approximate surface area is 192 Å². The zero-order valence-corrected chi connectivity index (χ0v) is 21.4. The molecule has 1 saturated heterocycles. The number of benzene rings is 1. The molecular formula is C23H38N4O4S. The SMILES string of the molecule is Cc1c(C)c(C(=O)NC(C)C)c(C)c(C)c1NC(=O)N1CCC(NS(=O)(=O)C(C)C)CC1. The fourth-order valence-corrected chi connectivity index (χ4v) is 4.90. The highest BCUT2D eigenvalue weighted by Gasteiger charge is 2.28. The van der Waals surface area contributed by atoms with Gasteiger partial charge in [-0.2, -0.15) is 0 Å². The average molecular weight is 467 g/mol. The summed E-state index contributed by atoms with van der Waals surface area (Å²) < 4.78 is 26.9. The first-order valence-corrected chi connectivity index (χ1v) is 12.8. The van der Waals surface area contributed by atoms with Crippen LogP contribution in [-0.2, 0) is 10.0 Å². The second-order valence-corrected chi connectivity index (χ2v) is 11.5. The zero-order chi connectivity index (χ0) is 24.4. The maximum atomic E-state index is 13.0. The first-order valence-electron chi connectivity index (χ1n) is 11.2. The van der Waals surface area contributed by atoms with E-state index in [0.29, 0.717) is 31.5 Å². The number of hydrogen-bond acceptors (Lipinski definition) is 4. The smallest absolute Gasteiger partial charge is 0.321 e. The van der Waals surface area contributed by atoms with E-state index in [1.165, 1.54) is 0 Å². The Morgan fingerprint density at radius 1 is 0.906 bits per heavy atom. The summed E-state index contributed by atoms with van der Waals surface area (Å²) in [6.07, 6.45) is 1.15. The van der Waals surface area contributed by atoms with E-state index in [2.05, 4.69) is 15.4 Å². The number of piperidine rings is 1. The third-order valence-corrected chi connectivity index (χ3v) is 8.14. The highest BCUT2D eigenvalue weighted by atomic mass is 32.2. The van der Waals surface area contributed by atoms with E-state index in [1.807, 2.05) is 41.5 Å². The number of anilines is 1. The lowest BCUT2D eigenvalue weighted by Crippen LogP contribution is -2.48. The summed E-state index contributed by atoms with van der Waals surface area (Å²) in [6.45, 7) is 15.7. The van der Waals surface area contributed by atoms with E-state index in [4.69, 9.17) is 0 Å². The van der Waals surface area contributed by atoms with Gasteiger partial charge in [-0.25, -0.2) is 17.9 Å². The minimum Gasteiger partial charge on any atom is -0.350 e. The number of carbonyl (C=O) groups is 2. The predicted molar refractivity (Wildman–Crippen MR) is 129 cm³/mol. The van der Waals surface area contributed by atoms with Gasteiger partial charge in [-0.15, -0.1) is 0 Å². The summed E-state index contributed by atoms with van der Waals surface area (Å²) in [7, 11) is -3.33. The maximum absolute atomic E-state index is 13.0. The molecule has 0 aliphatic carbocycles. The number of hydrogen-bond donors (Lipinski definition) is 3. The Hall–Kier alpha value is -2.13. The Kier molecular flexibility index (Phi) is 8.33. The number of rotatable bonds is 6. The van der Waals surface area contributed by atoms with E-state index in [9.17, 15) is 18.0 Å². The Bertz CT molecular complexity index is 949. The lowest BCUT2D eigenvalue weighted by molar-refractivity contribution is 0.0941. The van der Waals surface area contributed by atoms with Crippen molar-refractivity contribution in [2.24, 2.45) is 0 Å². The molecule has 9 heteroatoms. The van der Waals surface area contributed by atoms with Crippen molar-refractivity contribution in [2.75, 3.05) is 18.4 Å². The van der Waals surface area contributed by atoms with Crippen LogP contribution in [-0.4, -0.2) is 55.7 Å². The lowest BCUT2D eigenvalue weighted by Gasteiger charge is -2.33. The largest absolute Gasteiger partial charge is 0.350 e.